The summed E-state index contributed by atoms with van der Waals surface area (Å²) in [6.07, 6.45) is 1.91. The largest absolute Gasteiger partial charge is 0.360 e. The molecular weight excluding hydrogens is 583 g/mol. The number of carbonyl (C=O) groups is 1. The number of aromatic nitrogens is 1. The Labute approximate surface area is 224 Å². The maximum atomic E-state index is 15.2. The van der Waals surface area contributed by atoms with E-state index in [1.807, 2.05) is 4.72 Å². The van der Waals surface area contributed by atoms with Gasteiger partial charge in [0, 0.05) is 28.5 Å². The summed E-state index contributed by atoms with van der Waals surface area (Å²) in [6, 6.07) is 5.08. The highest BCUT2D eigenvalue weighted by Crippen LogP contribution is 2.37. The van der Waals surface area contributed by atoms with Crippen molar-refractivity contribution in [1.29, 1.82) is 0 Å². The van der Waals surface area contributed by atoms with E-state index >= 15 is 4.39 Å². The van der Waals surface area contributed by atoms with Crippen LogP contribution in [0.1, 0.15) is 35.4 Å². The molecule has 0 atom stereocenters. The number of nitrogens with zero attached hydrogens (tertiary/aromatic N) is 1. The van der Waals surface area contributed by atoms with Gasteiger partial charge >= 0.3 is 6.03 Å². The quantitative estimate of drug-likeness (QED) is 0.331. The third-order valence-corrected chi connectivity index (χ3v) is 9.44. The van der Waals surface area contributed by atoms with Gasteiger partial charge in [0.15, 0.2) is 0 Å². The summed E-state index contributed by atoms with van der Waals surface area (Å²) in [4.78, 5) is 12.2. The highest BCUT2D eigenvalue weighted by Gasteiger charge is 2.27. The van der Waals surface area contributed by atoms with Crippen LogP contribution in [0.4, 0.5) is 9.18 Å². The molecule has 1 aromatic carbocycles. The van der Waals surface area contributed by atoms with Crippen molar-refractivity contribution >= 4 is 79.4 Å². The van der Waals surface area contributed by atoms with Crippen LogP contribution in [0.5, 0.6) is 0 Å². The summed E-state index contributed by atoms with van der Waals surface area (Å²) in [5, 5.41) is 7.32. The molecule has 0 radical (unpaired) electrons. The molecule has 0 fully saturated rings. The van der Waals surface area contributed by atoms with Gasteiger partial charge < -0.3 is 9.84 Å². The molecule has 0 saturated carbocycles. The lowest BCUT2D eigenvalue weighted by molar-refractivity contribution is 0.246. The number of carbonyl (C=O) groups excluding carboxylic acids is 1. The highest BCUT2D eigenvalue weighted by molar-refractivity contribution is 7.92. The number of amides is 2. The van der Waals surface area contributed by atoms with Crippen molar-refractivity contribution in [2.75, 3.05) is 6.54 Å². The minimum absolute atomic E-state index is 0.0470. The van der Waals surface area contributed by atoms with Crippen LogP contribution in [0.3, 0.4) is 0 Å². The van der Waals surface area contributed by atoms with Crippen LogP contribution >= 0.6 is 57.7 Å². The fourth-order valence-corrected chi connectivity index (χ4v) is 6.88. The number of nitrogens with one attached hydrogen (secondary N) is 2. The third-order valence-electron chi connectivity index (χ3n) is 5.18. The first-order chi connectivity index (χ1) is 16.5. The van der Waals surface area contributed by atoms with Crippen LogP contribution in [0.25, 0.3) is 5.57 Å². The van der Waals surface area contributed by atoms with Crippen LogP contribution < -0.4 is 10.0 Å². The zero-order valence-electron chi connectivity index (χ0n) is 17.6. The average molecular weight is 599 g/mol. The van der Waals surface area contributed by atoms with E-state index < -0.39 is 28.4 Å². The van der Waals surface area contributed by atoms with Gasteiger partial charge in [-0.25, -0.2) is 22.3 Å². The highest BCUT2D eigenvalue weighted by atomic mass is 35.5. The Balaban J connectivity index is 1.50. The molecule has 1 aliphatic carbocycles. The van der Waals surface area contributed by atoms with E-state index in [0.29, 0.717) is 69.7 Å². The van der Waals surface area contributed by atoms with Crippen molar-refractivity contribution in [2.45, 2.75) is 29.9 Å². The minimum atomic E-state index is -4.22. The number of hydrogen-bond donors (Lipinski definition) is 2. The number of fused-ring (bicyclic) bond motifs is 1. The number of aryl methyl sites for hydroxylation is 1. The first-order valence-electron chi connectivity index (χ1n) is 10.1. The molecule has 0 aliphatic heterocycles. The number of rotatable bonds is 6. The van der Waals surface area contributed by atoms with E-state index in [1.54, 1.807) is 18.2 Å². The molecule has 0 spiro atoms. The molecule has 35 heavy (non-hydrogen) atoms. The molecule has 0 unspecified atom stereocenters. The van der Waals surface area contributed by atoms with Gasteiger partial charge in [-0.2, -0.15) is 0 Å². The van der Waals surface area contributed by atoms with Gasteiger partial charge in [0.05, 0.1) is 17.3 Å². The summed E-state index contributed by atoms with van der Waals surface area (Å²) >= 11 is 24.5. The molecule has 186 valence electrons. The van der Waals surface area contributed by atoms with E-state index in [2.05, 4.69) is 10.5 Å². The maximum Gasteiger partial charge on any atom is 0.329 e. The monoisotopic (exact) mass is 597 g/mol. The smallest absolute Gasteiger partial charge is 0.329 e. The standard InChI is InChI=1S/C21H16Cl4FN3O4S2/c22-11-5-4-10(13(23)7-11)6-16-19-12(2-1-3-17(19)33-28-16)15(26)9-27-21(30)29-35(31,32)18-8-14(24)20(25)34-18/h4-5,7-8H,1-3,6,9H2,(H2,27,29,30)/b15-12+. The van der Waals surface area contributed by atoms with Gasteiger partial charge in [-0.15, -0.1) is 11.3 Å². The molecule has 0 saturated heterocycles. The number of thiophene rings is 1. The van der Waals surface area contributed by atoms with Crippen LogP contribution in [0.2, 0.25) is 19.4 Å². The minimum Gasteiger partial charge on any atom is -0.360 e. The molecule has 14 heteroatoms. The van der Waals surface area contributed by atoms with E-state index in [-0.39, 0.29) is 13.6 Å². The first-order valence-corrected chi connectivity index (χ1v) is 13.9. The molecule has 0 bridgehead atoms. The van der Waals surface area contributed by atoms with Gasteiger partial charge in [-0.1, -0.05) is 57.6 Å². The normalized spacial score (nSPS) is 15.0. The van der Waals surface area contributed by atoms with E-state index in [9.17, 15) is 13.2 Å². The van der Waals surface area contributed by atoms with Gasteiger partial charge in [0.1, 0.15) is 20.1 Å². The Hall–Kier alpha value is -1.82. The fraction of sp³-hybridized carbons (Fsp3) is 0.238. The summed E-state index contributed by atoms with van der Waals surface area (Å²) in [7, 11) is -4.22. The van der Waals surface area contributed by atoms with Crippen LogP contribution in [-0.2, 0) is 22.9 Å². The summed E-state index contributed by atoms with van der Waals surface area (Å²) in [5.74, 6) is -0.0904. The van der Waals surface area contributed by atoms with Crippen LogP contribution in [0, 0.1) is 0 Å². The SMILES string of the molecule is O=C(NC/C(F)=C1/CCCc2onc(Cc3ccc(Cl)cc3Cl)c21)NS(=O)(=O)c1cc(Cl)c(Cl)s1. The first kappa shape index (κ1) is 26.2. The Bertz CT molecular complexity index is 1420. The second kappa shape index (κ2) is 10.7. The van der Waals surface area contributed by atoms with Gasteiger partial charge in [-0.05, 0) is 42.2 Å². The molecule has 2 N–H and O–H groups in total. The fourth-order valence-electron chi connectivity index (χ4n) is 3.60. The summed E-state index contributed by atoms with van der Waals surface area (Å²) in [5.41, 5.74) is 2.13. The van der Waals surface area contributed by atoms with E-state index in [0.717, 1.165) is 11.6 Å². The van der Waals surface area contributed by atoms with Crippen molar-refractivity contribution in [2.24, 2.45) is 0 Å². The number of hydrogen-bond acceptors (Lipinski definition) is 6. The molecule has 2 aromatic heterocycles. The number of sulfonamides is 1. The topological polar surface area (TPSA) is 101 Å². The lowest BCUT2D eigenvalue weighted by Crippen LogP contribution is -2.39. The Morgan fingerprint density at radius 1 is 1.14 bits per heavy atom. The Kier molecular flexibility index (Phi) is 7.99. The number of halogens is 5. The van der Waals surface area contributed by atoms with Crippen molar-refractivity contribution in [1.82, 2.24) is 15.2 Å². The van der Waals surface area contributed by atoms with Gasteiger partial charge in [0.2, 0.25) is 0 Å². The lowest BCUT2D eigenvalue weighted by Gasteiger charge is -2.16. The van der Waals surface area contributed by atoms with Crippen molar-refractivity contribution in [3.8, 4) is 0 Å². The molecular formula is C21H16Cl4FN3O4S2. The van der Waals surface area contributed by atoms with Gasteiger partial charge in [0.25, 0.3) is 10.0 Å². The number of allylic oxidation sites excluding steroid dienone is 1. The third kappa shape index (κ3) is 5.95. The van der Waals surface area contributed by atoms with Gasteiger partial charge in [-0.3, -0.25) is 0 Å². The molecule has 1 aliphatic rings. The average Bonchev–Trinajstić information content (AvgIpc) is 3.37. The second-order valence-corrected chi connectivity index (χ2v) is 12.4. The van der Waals surface area contributed by atoms with E-state index in [1.165, 1.54) is 0 Å². The zero-order chi connectivity index (χ0) is 25.3. The molecule has 7 nitrogen and oxygen atoms in total. The molecule has 3 aromatic rings. The maximum absolute atomic E-state index is 15.2. The molecule has 4 rings (SSSR count). The summed E-state index contributed by atoms with van der Waals surface area (Å²) in [6.45, 7) is -0.533. The van der Waals surface area contributed by atoms with E-state index in [4.69, 9.17) is 50.9 Å². The predicted molar refractivity (Wildman–Crippen MR) is 135 cm³/mol. The lowest BCUT2D eigenvalue weighted by atomic mass is 9.89. The second-order valence-electron chi connectivity index (χ2n) is 7.55. The Morgan fingerprint density at radius 2 is 1.91 bits per heavy atom. The van der Waals surface area contributed by atoms with Crippen molar-refractivity contribution in [3.63, 3.8) is 0 Å². The Morgan fingerprint density at radius 3 is 2.60 bits per heavy atom. The zero-order valence-corrected chi connectivity index (χ0v) is 22.3. The summed E-state index contributed by atoms with van der Waals surface area (Å²) < 4.78 is 46.9. The van der Waals surface area contributed by atoms with Crippen molar-refractivity contribution in [3.05, 3.63) is 72.1 Å². The van der Waals surface area contributed by atoms with Crippen LogP contribution in [-0.4, -0.2) is 26.2 Å². The van der Waals surface area contributed by atoms with Crippen LogP contribution in [0.15, 0.2) is 38.8 Å². The molecule has 2 heterocycles. The predicted octanol–water partition coefficient (Wildman–Crippen LogP) is 6.65. The van der Waals surface area contributed by atoms with Crippen molar-refractivity contribution < 1.29 is 22.1 Å². The number of benzene rings is 1. The number of urea groups is 1. The molecule has 2 amide bonds.